The molecule has 0 saturated carbocycles. The minimum absolute atomic E-state index is 0.0993. The number of hydrogen-bond donors (Lipinski definition) is 5. The van der Waals surface area contributed by atoms with Crippen molar-refractivity contribution in [3.63, 3.8) is 0 Å². The third-order valence-corrected chi connectivity index (χ3v) is 4.72. The predicted octanol–water partition coefficient (Wildman–Crippen LogP) is 2.19. The van der Waals surface area contributed by atoms with E-state index in [1.165, 1.54) is 0 Å². The number of carboxylic acid groups (broad SMARTS) is 1. The van der Waals surface area contributed by atoms with Gasteiger partial charge in [-0.2, -0.15) is 0 Å². The number of phenolic OH excluding ortho intramolecular Hbond substituents is 3. The van der Waals surface area contributed by atoms with Crippen LogP contribution in [0.15, 0.2) is 23.3 Å². The zero-order valence-electron chi connectivity index (χ0n) is 15.1. The number of aliphatic carboxylic acids is 1. The van der Waals surface area contributed by atoms with Gasteiger partial charge in [-0.15, -0.1) is 0 Å². The van der Waals surface area contributed by atoms with Gasteiger partial charge in [0.1, 0.15) is 25.2 Å². The van der Waals surface area contributed by atoms with E-state index in [0.717, 1.165) is 0 Å². The Bertz CT molecular complexity index is 1080. The molecular weight excluding hydrogens is 406 g/mol. The summed E-state index contributed by atoms with van der Waals surface area (Å²) in [5.74, 6) is -10.2. The Balaban J connectivity index is 2.03. The molecule has 1 aliphatic carbocycles. The summed E-state index contributed by atoms with van der Waals surface area (Å²) in [6.45, 7) is 0. The van der Waals surface area contributed by atoms with Gasteiger partial charge in [0.2, 0.25) is 5.75 Å². The van der Waals surface area contributed by atoms with Crippen LogP contribution in [-0.4, -0.2) is 40.1 Å². The lowest BCUT2D eigenvalue weighted by Gasteiger charge is -2.15. The van der Waals surface area contributed by atoms with Gasteiger partial charge >= 0.3 is 5.97 Å². The fourth-order valence-electron chi connectivity index (χ4n) is 3.25. The van der Waals surface area contributed by atoms with Gasteiger partial charge in [-0.05, 0) is 42.4 Å². The molecule has 0 atom stereocenters. The summed E-state index contributed by atoms with van der Waals surface area (Å²) in [5, 5.41) is 39.9. The molecular formula is C19H13BF3NO6. The topological polar surface area (TPSA) is 127 Å². The molecule has 2 aromatic rings. The van der Waals surface area contributed by atoms with Crippen molar-refractivity contribution in [2.75, 3.05) is 5.32 Å². The number of carbonyl (C=O) groups excluding carboxylic acids is 1. The second-order valence-electron chi connectivity index (χ2n) is 6.53. The van der Waals surface area contributed by atoms with Gasteiger partial charge in [-0.1, -0.05) is 0 Å². The summed E-state index contributed by atoms with van der Waals surface area (Å²) in [7, 11) is 5.45. The van der Waals surface area contributed by atoms with E-state index >= 15 is 0 Å². The molecule has 7 nitrogen and oxygen atoms in total. The molecule has 0 heterocycles. The van der Waals surface area contributed by atoms with Crippen molar-refractivity contribution in [2.45, 2.75) is 19.3 Å². The highest BCUT2D eigenvalue weighted by Gasteiger charge is 2.28. The number of rotatable bonds is 4. The van der Waals surface area contributed by atoms with Crippen LogP contribution in [0.25, 0.3) is 11.1 Å². The molecule has 0 aromatic heterocycles. The van der Waals surface area contributed by atoms with Gasteiger partial charge in [0.15, 0.2) is 17.3 Å². The van der Waals surface area contributed by atoms with Crippen LogP contribution in [0.3, 0.4) is 0 Å². The first-order chi connectivity index (χ1) is 14.0. The van der Waals surface area contributed by atoms with Crippen molar-refractivity contribution in [2.24, 2.45) is 0 Å². The van der Waals surface area contributed by atoms with Gasteiger partial charge in [0, 0.05) is 16.7 Å². The maximum atomic E-state index is 14.5. The van der Waals surface area contributed by atoms with Gasteiger partial charge in [0.05, 0.1) is 0 Å². The summed E-state index contributed by atoms with van der Waals surface area (Å²) in [6.07, 6.45) is 0.685. The zero-order valence-corrected chi connectivity index (χ0v) is 15.1. The number of aromatic hydroxyl groups is 3. The Hall–Kier alpha value is -3.63. The molecule has 0 saturated heterocycles. The third-order valence-electron chi connectivity index (χ3n) is 4.72. The van der Waals surface area contributed by atoms with E-state index in [1.807, 2.05) is 5.32 Å². The van der Waals surface area contributed by atoms with Crippen LogP contribution in [0, 0.1) is 17.5 Å². The molecule has 0 unspecified atom stereocenters. The van der Waals surface area contributed by atoms with E-state index in [4.69, 9.17) is 13.0 Å². The Labute approximate surface area is 168 Å². The summed E-state index contributed by atoms with van der Waals surface area (Å²) < 4.78 is 43.0. The zero-order chi connectivity index (χ0) is 22.3. The Kier molecular flexibility index (Phi) is 5.38. The molecule has 0 bridgehead atoms. The highest BCUT2D eigenvalue weighted by molar-refractivity contribution is 6.37. The number of hydrogen-bond acceptors (Lipinski definition) is 5. The van der Waals surface area contributed by atoms with Crippen molar-refractivity contribution in [3.05, 3.63) is 40.7 Å². The normalized spacial score (nSPS) is 13.6. The molecule has 2 radical (unpaired) electrons. The second kappa shape index (κ2) is 7.66. The van der Waals surface area contributed by atoms with Crippen LogP contribution in [0.5, 0.6) is 17.2 Å². The van der Waals surface area contributed by atoms with Crippen molar-refractivity contribution < 1.29 is 43.2 Å². The second-order valence-corrected chi connectivity index (χ2v) is 6.53. The monoisotopic (exact) mass is 419 g/mol. The van der Waals surface area contributed by atoms with Crippen molar-refractivity contribution in [1.29, 1.82) is 0 Å². The standard InChI is InChI=1S/C19H13BF3NO6/c20-12-11(15(25)17(27)16(26)13(12)23)6-4-9(21)14(10(22)5-6)24-18(28)7-2-1-3-8(7)19(29)30/h4-5,25-27H,1-3H2,(H,24,28)(H,29,30). The Morgan fingerprint density at radius 2 is 1.50 bits per heavy atom. The smallest absolute Gasteiger partial charge is 0.332 e. The van der Waals surface area contributed by atoms with E-state index in [0.29, 0.717) is 18.6 Å². The molecule has 1 aliphatic rings. The average Bonchev–Trinajstić information content (AvgIpc) is 3.18. The Morgan fingerprint density at radius 3 is 2.07 bits per heavy atom. The number of amides is 1. The summed E-state index contributed by atoms with van der Waals surface area (Å²) in [6, 6.07) is 1.22. The SMILES string of the molecule is [B]c1c(F)c(O)c(O)c(O)c1-c1cc(F)c(NC(=O)C2=C(C(=O)O)CCC2)c(F)c1. The average molecular weight is 419 g/mol. The molecule has 0 fully saturated rings. The van der Waals surface area contributed by atoms with Crippen LogP contribution in [0.4, 0.5) is 18.9 Å². The highest BCUT2D eigenvalue weighted by Crippen LogP contribution is 2.43. The fraction of sp³-hybridized carbons (Fsp3) is 0.158. The van der Waals surface area contributed by atoms with Crippen molar-refractivity contribution in [1.82, 2.24) is 0 Å². The fourth-order valence-corrected chi connectivity index (χ4v) is 3.25. The summed E-state index contributed by atoms with van der Waals surface area (Å²) >= 11 is 0. The number of carboxylic acids is 1. The minimum atomic E-state index is -1.51. The number of phenols is 3. The number of nitrogens with one attached hydrogen (secondary N) is 1. The maximum Gasteiger partial charge on any atom is 0.332 e. The van der Waals surface area contributed by atoms with Crippen LogP contribution in [-0.2, 0) is 9.59 Å². The first-order valence-corrected chi connectivity index (χ1v) is 8.52. The molecule has 0 aliphatic heterocycles. The van der Waals surface area contributed by atoms with Crippen LogP contribution in [0.1, 0.15) is 19.3 Å². The predicted molar refractivity (Wildman–Crippen MR) is 99.3 cm³/mol. The lowest BCUT2D eigenvalue weighted by atomic mass is 9.85. The van der Waals surface area contributed by atoms with Gasteiger partial charge in [-0.25, -0.2) is 18.0 Å². The molecule has 30 heavy (non-hydrogen) atoms. The van der Waals surface area contributed by atoms with Crippen LogP contribution < -0.4 is 10.8 Å². The van der Waals surface area contributed by atoms with Gasteiger partial charge < -0.3 is 25.7 Å². The van der Waals surface area contributed by atoms with Gasteiger partial charge in [-0.3, -0.25) is 4.79 Å². The number of carbonyl (C=O) groups is 2. The molecule has 0 spiro atoms. The van der Waals surface area contributed by atoms with Crippen LogP contribution >= 0.6 is 0 Å². The molecule has 5 N–H and O–H groups in total. The lowest BCUT2D eigenvalue weighted by Crippen LogP contribution is -2.18. The number of halogens is 3. The van der Waals surface area contributed by atoms with Crippen molar-refractivity contribution >= 4 is 30.9 Å². The Morgan fingerprint density at radius 1 is 0.933 bits per heavy atom. The first kappa shape index (κ1) is 21.1. The minimum Gasteiger partial charge on any atom is -0.504 e. The summed E-state index contributed by atoms with van der Waals surface area (Å²) in [4.78, 5) is 23.4. The van der Waals surface area contributed by atoms with Crippen LogP contribution in [0.2, 0.25) is 0 Å². The first-order valence-electron chi connectivity index (χ1n) is 8.52. The lowest BCUT2D eigenvalue weighted by molar-refractivity contribution is -0.133. The molecule has 154 valence electrons. The van der Waals surface area contributed by atoms with E-state index in [1.54, 1.807) is 0 Å². The van der Waals surface area contributed by atoms with E-state index in [9.17, 15) is 38.1 Å². The van der Waals surface area contributed by atoms with E-state index in [-0.39, 0.29) is 24.0 Å². The molecule has 11 heteroatoms. The molecule has 3 rings (SSSR count). The number of benzene rings is 2. The van der Waals surface area contributed by atoms with Crippen molar-refractivity contribution in [3.8, 4) is 28.4 Å². The third kappa shape index (κ3) is 3.42. The highest BCUT2D eigenvalue weighted by atomic mass is 19.1. The quantitative estimate of drug-likeness (QED) is 0.382. The summed E-state index contributed by atoms with van der Waals surface area (Å²) in [5.41, 5.74) is -3.17. The molecule has 2 aromatic carbocycles. The molecule has 1 amide bonds. The largest absolute Gasteiger partial charge is 0.504 e. The number of anilines is 1. The van der Waals surface area contributed by atoms with E-state index < -0.39 is 68.9 Å². The maximum absolute atomic E-state index is 14.5. The van der Waals surface area contributed by atoms with E-state index in [2.05, 4.69) is 0 Å². The van der Waals surface area contributed by atoms with Gasteiger partial charge in [0.25, 0.3) is 5.91 Å².